The lowest BCUT2D eigenvalue weighted by Gasteiger charge is -2.74. The largest absolute Gasteiger partial charge is 0.462 e. The molecule has 33 heavy (non-hydrogen) atoms. The fourth-order valence-corrected chi connectivity index (χ4v) is 10.7. The van der Waals surface area contributed by atoms with Gasteiger partial charge in [-0.25, -0.2) is 0 Å². The molecule has 5 aliphatic rings. The topological polar surface area (TPSA) is 63.6 Å². The molecule has 1 N–H and O–H groups in total. The summed E-state index contributed by atoms with van der Waals surface area (Å²) in [6, 6.07) is 0. The third-order valence-electron chi connectivity index (χ3n) is 12.1. The summed E-state index contributed by atoms with van der Waals surface area (Å²) in [7, 11) is 0. The summed E-state index contributed by atoms with van der Waals surface area (Å²) in [6.07, 6.45) is 11.4. The smallest absolute Gasteiger partial charge is 0.302 e. The van der Waals surface area contributed by atoms with Crippen molar-refractivity contribution in [2.45, 2.75) is 112 Å². The van der Waals surface area contributed by atoms with Crippen LogP contribution < -0.4 is 0 Å². The highest BCUT2D eigenvalue weighted by atomic mass is 16.5. The Hall–Kier alpha value is -1.16. The Kier molecular flexibility index (Phi) is 5.30. The molecule has 0 saturated heterocycles. The predicted molar refractivity (Wildman–Crippen MR) is 128 cm³/mol. The van der Waals surface area contributed by atoms with E-state index in [0.717, 1.165) is 18.4 Å². The van der Waals surface area contributed by atoms with E-state index in [9.17, 15) is 14.7 Å². The van der Waals surface area contributed by atoms with Crippen LogP contribution in [-0.2, 0) is 14.3 Å². The Morgan fingerprint density at radius 3 is 2.36 bits per heavy atom. The normalized spacial score (nSPS) is 52.8. The van der Waals surface area contributed by atoms with E-state index in [1.165, 1.54) is 45.4 Å². The van der Waals surface area contributed by atoms with E-state index in [0.29, 0.717) is 29.6 Å². The van der Waals surface area contributed by atoms with Crippen LogP contribution in [0.15, 0.2) is 11.6 Å². The molecule has 4 saturated carbocycles. The molecule has 0 aromatic carbocycles. The van der Waals surface area contributed by atoms with Crippen molar-refractivity contribution < 1.29 is 19.4 Å². The van der Waals surface area contributed by atoms with Crippen molar-refractivity contribution in [3.63, 3.8) is 0 Å². The first-order valence-corrected chi connectivity index (χ1v) is 13.5. The Balaban J connectivity index is 1.63. The van der Waals surface area contributed by atoms with Crippen molar-refractivity contribution >= 4 is 11.8 Å². The molecule has 184 valence electrons. The maximum atomic E-state index is 12.6. The molecule has 4 nitrogen and oxygen atoms in total. The quantitative estimate of drug-likeness (QED) is 0.540. The zero-order chi connectivity index (χ0) is 24.0. The molecule has 4 heteroatoms. The van der Waals surface area contributed by atoms with Crippen LogP contribution >= 0.6 is 0 Å². The summed E-state index contributed by atoms with van der Waals surface area (Å²) in [5.74, 6) is 1.21. The first-order valence-electron chi connectivity index (χ1n) is 13.5. The van der Waals surface area contributed by atoms with E-state index in [4.69, 9.17) is 4.74 Å². The monoisotopic (exact) mass is 456 g/mol. The van der Waals surface area contributed by atoms with Gasteiger partial charge >= 0.3 is 5.97 Å². The minimum atomic E-state index is -0.508. The van der Waals surface area contributed by atoms with E-state index < -0.39 is 6.10 Å². The lowest BCUT2D eigenvalue weighted by Crippen LogP contribution is -2.73. The van der Waals surface area contributed by atoms with Gasteiger partial charge in [0.25, 0.3) is 0 Å². The number of carbonyl (C=O) groups excluding carboxylic acids is 2. The van der Waals surface area contributed by atoms with Crippen molar-refractivity contribution in [2.24, 2.45) is 45.3 Å². The third-order valence-corrected chi connectivity index (χ3v) is 12.1. The summed E-state index contributed by atoms with van der Waals surface area (Å²) in [4.78, 5) is 24.9. The minimum Gasteiger partial charge on any atom is -0.462 e. The number of hydrogen-bond acceptors (Lipinski definition) is 4. The van der Waals surface area contributed by atoms with Gasteiger partial charge in [0.2, 0.25) is 0 Å². The van der Waals surface area contributed by atoms with Crippen LogP contribution in [-0.4, -0.2) is 29.1 Å². The van der Waals surface area contributed by atoms with Crippen LogP contribution in [0.1, 0.15) is 99.3 Å². The molecule has 0 heterocycles. The highest BCUT2D eigenvalue weighted by molar-refractivity contribution is 5.94. The molecule has 0 unspecified atom stereocenters. The standard InChI is InChI=1S/C29H44O4/c1-7-26(4)12-8-13-27(5)21(26)11-14-28(6)22-10-9-19(17(2)30)25-20(32)16-29(22,25)24(15-23(27)28)33-18(3)31/h9,20-25,32H,7-8,10-16H2,1-6H3/t20-,21+,22+,23-,24+,25-,26+,27+,28+,29-/m1/s1. The van der Waals surface area contributed by atoms with Crippen LogP contribution in [0.3, 0.4) is 0 Å². The number of ether oxygens (including phenoxy) is 1. The maximum absolute atomic E-state index is 12.6. The van der Waals surface area contributed by atoms with Gasteiger partial charge in [0, 0.05) is 18.3 Å². The van der Waals surface area contributed by atoms with E-state index in [2.05, 4.69) is 33.8 Å². The van der Waals surface area contributed by atoms with Crippen molar-refractivity contribution in [3.05, 3.63) is 11.6 Å². The summed E-state index contributed by atoms with van der Waals surface area (Å²) >= 11 is 0. The molecule has 0 amide bonds. The number of aliphatic hydroxyl groups excluding tert-OH is 1. The Morgan fingerprint density at radius 2 is 1.76 bits per heavy atom. The van der Waals surface area contributed by atoms with E-state index >= 15 is 0 Å². The maximum Gasteiger partial charge on any atom is 0.302 e. The van der Waals surface area contributed by atoms with Crippen LogP contribution in [0.5, 0.6) is 0 Å². The lowest BCUT2D eigenvalue weighted by atomic mass is 9.31. The number of fused-ring (bicyclic) bond motifs is 4. The van der Waals surface area contributed by atoms with Crippen LogP contribution in [0.4, 0.5) is 0 Å². The van der Waals surface area contributed by atoms with E-state index in [-0.39, 0.29) is 40.0 Å². The van der Waals surface area contributed by atoms with Gasteiger partial charge in [0.1, 0.15) is 6.10 Å². The van der Waals surface area contributed by atoms with Gasteiger partial charge in [-0.05, 0) is 91.4 Å². The molecule has 0 aliphatic heterocycles. The van der Waals surface area contributed by atoms with Gasteiger partial charge in [-0.2, -0.15) is 0 Å². The molecule has 10 atom stereocenters. The number of ketones is 1. The van der Waals surface area contributed by atoms with Crippen molar-refractivity contribution in [1.29, 1.82) is 0 Å². The molecule has 1 spiro atoms. The molecule has 0 radical (unpaired) electrons. The minimum absolute atomic E-state index is 0.0621. The van der Waals surface area contributed by atoms with Gasteiger partial charge in [-0.3, -0.25) is 9.59 Å². The zero-order valence-corrected chi connectivity index (χ0v) is 21.6. The molecular formula is C29H44O4. The molecule has 5 rings (SSSR count). The first-order chi connectivity index (χ1) is 15.4. The van der Waals surface area contributed by atoms with E-state index in [1.807, 2.05) is 0 Å². The number of carbonyl (C=O) groups is 2. The second-order valence-electron chi connectivity index (χ2n) is 13.2. The molecule has 5 aliphatic carbocycles. The average molecular weight is 457 g/mol. The number of allylic oxidation sites excluding steroid dienone is 1. The predicted octanol–water partition coefficient (Wildman–Crippen LogP) is 5.86. The Labute approximate surface area is 199 Å². The zero-order valence-electron chi connectivity index (χ0n) is 21.6. The summed E-state index contributed by atoms with van der Waals surface area (Å²) in [6.45, 7) is 13.1. The first kappa shape index (κ1) is 23.6. The molecular weight excluding hydrogens is 412 g/mol. The van der Waals surface area contributed by atoms with Gasteiger partial charge < -0.3 is 9.84 Å². The fraction of sp³-hybridized carbons (Fsp3) is 0.862. The summed E-state index contributed by atoms with van der Waals surface area (Å²) < 4.78 is 6.17. The summed E-state index contributed by atoms with van der Waals surface area (Å²) in [5.41, 5.74) is 1.27. The Bertz CT molecular complexity index is 892. The molecule has 0 aromatic rings. The SMILES string of the molecule is CC[C@@]1(C)CCC[C@]2(C)[C@H]3C[C@H](OC(C)=O)[C@]45C[C@@H](O)[C@H]4C(C(C)=O)=CC[C@H]5[C@]3(C)CC[C@@H]12. The van der Waals surface area contributed by atoms with Gasteiger partial charge in [-0.15, -0.1) is 0 Å². The number of Topliss-reactive ketones (excluding diaryl/α,β-unsaturated/α-hetero) is 1. The van der Waals surface area contributed by atoms with Crippen LogP contribution in [0.25, 0.3) is 0 Å². The van der Waals surface area contributed by atoms with Gasteiger partial charge in [-0.1, -0.05) is 46.6 Å². The van der Waals surface area contributed by atoms with Gasteiger partial charge in [0.15, 0.2) is 5.78 Å². The number of esters is 1. The second kappa shape index (κ2) is 7.42. The van der Waals surface area contributed by atoms with Crippen LogP contribution in [0.2, 0.25) is 0 Å². The highest BCUT2D eigenvalue weighted by Crippen LogP contribution is 2.76. The molecule has 4 fully saturated rings. The average Bonchev–Trinajstić information content (AvgIpc) is 2.72. The number of aliphatic hydroxyl groups is 1. The van der Waals surface area contributed by atoms with Crippen molar-refractivity contribution in [2.75, 3.05) is 0 Å². The second-order valence-corrected chi connectivity index (χ2v) is 13.2. The van der Waals surface area contributed by atoms with E-state index in [1.54, 1.807) is 6.92 Å². The fourth-order valence-electron chi connectivity index (χ4n) is 10.7. The van der Waals surface area contributed by atoms with Crippen LogP contribution in [0, 0.1) is 45.3 Å². The summed E-state index contributed by atoms with van der Waals surface area (Å²) in [5, 5.41) is 10.9. The third kappa shape index (κ3) is 2.91. The van der Waals surface area contributed by atoms with Gasteiger partial charge in [0.05, 0.1) is 6.10 Å². The highest BCUT2D eigenvalue weighted by Gasteiger charge is 2.74. The molecule has 0 bridgehead atoms. The Morgan fingerprint density at radius 1 is 1.06 bits per heavy atom. The number of hydrogen-bond donors (Lipinski definition) is 1. The lowest BCUT2D eigenvalue weighted by molar-refractivity contribution is -0.287. The van der Waals surface area contributed by atoms with Crippen molar-refractivity contribution in [1.82, 2.24) is 0 Å². The molecule has 0 aromatic heterocycles. The van der Waals surface area contributed by atoms with Crippen molar-refractivity contribution in [3.8, 4) is 0 Å². The number of rotatable bonds is 3.